The van der Waals surface area contributed by atoms with Crippen molar-refractivity contribution in [1.29, 1.82) is 0 Å². The molecule has 2 heterocycles. The van der Waals surface area contributed by atoms with E-state index in [9.17, 15) is 0 Å². The highest BCUT2D eigenvalue weighted by molar-refractivity contribution is 6.34. The van der Waals surface area contributed by atoms with Gasteiger partial charge in [-0.2, -0.15) is 0 Å². The van der Waals surface area contributed by atoms with Crippen molar-refractivity contribution < 1.29 is 4.74 Å². The van der Waals surface area contributed by atoms with Crippen molar-refractivity contribution in [3.05, 3.63) is 46.4 Å². The lowest BCUT2D eigenvalue weighted by Crippen LogP contribution is -2.42. The number of ether oxygens (including phenoxy) is 1. The van der Waals surface area contributed by atoms with E-state index in [1.807, 2.05) is 0 Å². The van der Waals surface area contributed by atoms with Gasteiger partial charge in [-0.1, -0.05) is 35.4 Å². The van der Waals surface area contributed by atoms with Gasteiger partial charge in [0, 0.05) is 37.0 Å². The van der Waals surface area contributed by atoms with Crippen LogP contribution in [-0.2, 0) is 4.74 Å². The molecule has 1 aromatic heterocycles. The molecule has 1 aromatic rings. The summed E-state index contributed by atoms with van der Waals surface area (Å²) in [7, 11) is 0. The van der Waals surface area contributed by atoms with Crippen LogP contribution in [0.1, 0.15) is 6.42 Å². The van der Waals surface area contributed by atoms with Crippen molar-refractivity contribution in [2.24, 2.45) is 5.92 Å². The van der Waals surface area contributed by atoms with Crippen molar-refractivity contribution >= 4 is 28.9 Å². The standard InChI is InChI=1S/C15H17Cl2N3O/c16-12-8-19-15(17)7-13(12)20-11-3-1-10(2-4-11)14-9-18-5-6-21-14/h1,3-4,7-8,10,14,18H,2,5-6,9H2,(H,19,20)/t10?,14-/m1/s1. The summed E-state index contributed by atoms with van der Waals surface area (Å²) in [6, 6.07) is 1.72. The third kappa shape index (κ3) is 3.77. The van der Waals surface area contributed by atoms with Crippen LogP contribution in [0.2, 0.25) is 10.2 Å². The van der Waals surface area contributed by atoms with Gasteiger partial charge in [0.1, 0.15) is 5.15 Å². The Morgan fingerprint density at radius 3 is 3.00 bits per heavy atom. The SMILES string of the molecule is Clc1cc(NC2=CCC([C@H]3CNCCO3)C=C2)c(Cl)cn1. The molecule has 0 saturated carbocycles. The third-order valence-electron chi connectivity index (χ3n) is 3.67. The maximum absolute atomic E-state index is 6.10. The molecule has 1 unspecified atom stereocenters. The van der Waals surface area contributed by atoms with E-state index in [1.165, 1.54) is 0 Å². The van der Waals surface area contributed by atoms with Crippen LogP contribution in [0.4, 0.5) is 5.69 Å². The number of aromatic nitrogens is 1. The van der Waals surface area contributed by atoms with Crippen LogP contribution in [0.25, 0.3) is 0 Å². The zero-order chi connectivity index (χ0) is 14.7. The molecule has 0 bridgehead atoms. The first kappa shape index (κ1) is 14.9. The van der Waals surface area contributed by atoms with E-state index in [0.717, 1.165) is 37.5 Å². The van der Waals surface area contributed by atoms with Gasteiger partial charge in [0.25, 0.3) is 0 Å². The second-order valence-electron chi connectivity index (χ2n) is 5.14. The molecular weight excluding hydrogens is 309 g/mol. The lowest BCUT2D eigenvalue weighted by Gasteiger charge is -2.30. The molecule has 0 spiro atoms. The van der Waals surface area contributed by atoms with Crippen molar-refractivity contribution in [2.75, 3.05) is 25.0 Å². The Hall–Kier alpha value is -1.07. The molecule has 0 aromatic carbocycles. The van der Waals surface area contributed by atoms with Crippen LogP contribution in [-0.4, -0.2) is 30.8 Å². The molecule has 1 saturated heterocycles. The number of rotatable bonds is 3. The zero-order valence-corrected chi connectivity index (χ0v) is 13.0. The Morgan fingerprint density at radius 2 is 2.29 bits per heavy atom. The minimum Gasteiger partial charge on any atom is -0.375 e. The summed E-state index contributed by atoms with van der Waals surface area (Å²) in [6.07, 6.45) is 9.17. The van der Waals surface area contributed by atoms with Crippen LogP contribution in [0.3, 0.4) is 0 Å². The summed E-state index contributed by atoms with van der Waals surface area (Å²) in [5.41, 5.74) is 1.78. The Bertz CT molecular complexity index is 568. The summed E-state index contributed by atoms with van der Waals surface area (Å²) >= 11 is 12.0. The molecule has 4 nitrogen and oxygen atoms in total. The Morgan fingerprint density at radius 1 is 1.38 bits per heavy atom. The first-order valence-corrected chi connectivity index (χ1v) is 7.77. The fourth-order valence-corrected chi connectivity index (χ4v) is 2.84. The first-order chi connectivity index (χ1) is 10.2. The molecule has 112 valence electrons. The van der Waals surface area contributed by atoms with Crippen molar-refractivity contribution in [3.8, 4) is 0 Å². The van der Waals surface area contributed by atoms with Crippen LogP contribution in [0, 0.1) is 5.92 Å². The average Bonchev–Trinajstić information content (AvgIpc) is 2.53. The van der Waals surface area contributed by atoms with Gasteiger partial charge in [0.2, 0.25) is 0 Å². The molecular formula is C15H17Cl2N3O. The number of allylic oxidation sites excluding steroid dienone is 2. The Kier molecular flexibility index (Phi) is 4.80. The van der Waals surface area contributed by atoms with E-state index >= 15 is 0 Å². The molecule has 1 aliphatic heterocycles. The fraction of sp³-hybridized carbons (Fsp3) is 0.400. The van der Waals surface area contributed by atoms with E-state index in [-0.39, 0.29) is 6.10 Å². The van der Waals surface area contributed by atoms with Crippen LogP contribution in [0.15, 0.2) is 36.2 Å². The van der Waals surface area contributed by atoms with Gasteiger partial charge in [0.05, 0.1) is 23.4 Å². The van der Waals surface area contributed by atoms with E-state index in [4.69, 9.17) is 27.9 Å². The third-order valence-corrected chi connectivity index (χ3v) is 4.18. The summed E-state index contributed by atoms with van der Waals surface area (Å²) in [5.74, 6) is 0.417. The quantitative estimate of drug-likeness (QED) is 0.837. The second-order valence-corrected chi connectivity index (χ2v) is 5.94. The predicted octanol–water partition coefficient (Wildman–Crippen LogP) is 3.25. The van der Waals surface area contributed by atoms with Crippen molar-refractivity contribution in [2.45, 2.75) is 12.5 Å². The lowest BCUT2D eigenvalue weighted by molar-refractivity contribution is 0.00355. The molecule has 2 atom stereocenters. The number of pyridine rings is 1. The zero-order valence-electron chi connectivity index (χ0n) is 11.5. The van der Waals surface area contributed by atoms with Gasteiger partial charge in [-0.25, -0.2) is 4.98 Å². The molecule has 0 amide bonds. The van der Waals surface area contributed by atoms with Crippen LogP contribution < -0.4 is 10.6 Å². The normalized spacial score (nSPS) is 25.5. The predicted molar refractivity (Wildman–Crippen MR) is 85.8 cm³/mol. The highest BCUT2D eigenvalue weighted by atomic mass is 35.5. The first-order valence-electron chi connectivity index (χ1n) is 7.01. The Balaban J connectivity index is 1.62. The lowest BCUT2D eigenvalue weighted by atomic mass is 9.93. The number of hydrogen-bond acceptors (Lipinski definition) is 4. The number of morpholine rings is 1. The number of anilines is 1. The molecule has 1 fully saturated rings. The van der Waals surface area contributed by atoms with Gasteiger partial charge < -0.3 is 15.4 Å². The monoisotopic (exact) mass is 325 g/mol. The highest BCUT2D eigenvalue weighted by Crippen LogP contribution is 2.27. The largest absolute Gasteiger partial charge is 0.375 e. The summed E-state index contributed by atoms with van der Waals surface area (Å²) in [5, 5.41) is 7.61. The maximum atomic E-state index is 6.10. The van der Waals surface area contributed by atoms with Crippen molar-refractivity contribution in [1.82, 2.24) is 10.3 Å². The maximum Gasteiger partial charge on any atom is 0.131 e. The molecule has 3 rings (SSSR count). The number of nitrogens with one attached hydrogen (secondary N) is 2. The average molecular weight is 326 g/mol. The van der Waals surface area contributed by atoms with Crippen LogP contribution >= 0.6 is 23.2 Å². The van der Waals surface area contributed by atoms with Gasteiger partial charge >= 0.3 is 0 Å². The number of halogens is 2. The number of nitrogens with zero attached hydrogens (tertiary/aromatic N) is 1. The van der Waals surface area contributed by atoms with Crippen LogP contribution in [0.5, 0.6) is 0 Å². The van der Waals surface area contributed by atoms with E-state index in [2.05, 4.69) is 33.8 Å². The van der Waals surface area contributed by atoms with E-state index < -0.39 is 0 Å². The molecule has 2 aliphatic rings. The van der Waals surface area contributed by atoms with Gasteiger partial charge in [0.15, 0.2) is 0 Å². The van der Waals surface area contributed by atoms with E-state index in [1.54, 1.807) is 12.3 Å². The van der Waals surface area contributed by atoms with Gasteiger partial charge in [-0.3, -0.25) is 0 Å². The minimum absolute atomic E-state index is 0.256. The smallest absolute Gasteiger partial charge is 0.131 e. The molecule has 1 aliphatic carbocycles. The molecule has 6 heteroatoms. The summed E-state index contributed by atoms with van der Waals surface area (Å²) in [6.45, 7) is 2.64. The number of hydrogen-bond donors (Lipinski definition) is 2. The molecule has 21 heavy (non-hydrogen) atoms. The van der Waals surface area contributed by atoms with Crippen molar-refractivity contribution in [3.63, 3.8) is 0 Å². The minimum atomic E-state index is 0.256. The highest BCUT2D eigenvalue weighted by Gasteiger charge is 2.23. The second kappa shape index (κ2) is 6.79. The molecule has 0 radical (unpaired) electrons. The van der Waals surface area contributed by atoms with Gasteiger partial charge in [-0.05, 0) is 12.5 Å². The Labute approximate surface area is 134 Å². The fourth-order valence-electron chi connectivity index (χ4n) is 2.53. The van der Waals surface area contributed by atoms with E-state index in [0.29, 0.717) is 16.1 Å². The van der Waals surface area contributed by atoms with Gasteiger partial charge in [-0.15, -0.1) is 0 Å². The topological polar surface area (TPSA) is 46.2 Å². The summed E-state index contributed by atoms with van der Waals surface area (Å²) in [4.78, 5) is 3.94. The molecule has 2 N–H and O–H groups in total. The summed E-state index contributed by atoms with van der Waals surface area (Å²) < 4.78 is 5.80.